The van der Waals surface area contributed by atoms with Crippen LogP contribution in [0, 0.1) is 0 Å². The van der Waals surface area contributed by atoms with Gasteiger partial charge in [-0.05, 0) is 27.7 Å². The van der Waals surface area contributed by atoms with E-state index in [0.29, 0.717) is 11.3 Å². The molecule has 0 bridgehead atoms. The van der Waals surface area contributed by atoms with E-state index in [9.17, 15) is 10.0 Å². The Balaban J connectivity index is 3.12. The van der Waals surface area contributed by atoms with Crippen LogP contribution in [0.3, 0.4) is 0 Å². The molecule has 2 N–H and O–H groups in total. The van der Waals surface area contributed by atoms with Crippen LogP contribution in [0.5, 0.6) is 0 Å². The molecule has 0 aromatic heterocycles. The summed E-state index contributed by atoms with van der Waals surface area (Å²) in [5.41, 5.74) is 0.508. The third-order valence-electron chi connectivity index (χ3n) is 2.44. The molecular weight excluding hydrogens is 220 g/mol. The van der Waals surface area contributed by atoms with Crippen molar-refractivity contribution in [3.8, 4) is 0 Å². The van der Waals surface area contributed by atoms with Crippen LogP contribution >= 0.6 is 0 Å². The van der Waals surface area contributed by atoms with E-state index in [2.05, 4.69) is 4.99 Å². The highest BCUT2D eigenvalue weighted by Gasteiger charge is 2.24. The highest BCUT2D eigenvalue weighted by atomic mass is 16.5. The van der Waals surface area contributed by atoms with Crippen molar-refractivity contribution in [1.82, 2.24) is 5.06 Å². The number of rotatable bonds is 2. The van der Waals surface area contributed by atoms with Crippen LogP contribution in [0.15, 0.2) is 28.5 Å². The Hall–Kier alpha value is -1.46. The van der Waals surface area contributed by atoms with E-state index in [-0.39, 0.29) is 18.0 Å². The second-order valence-electron chi connectivity index (χ2n) is 4.91. The van der Waals surface area contributed by atoms with Gasteiger partial charge in [0.15, 0.2) is 0 Å². The fraction of sp³-hybridized carbons (Fsp3) is 0.500. The van der Waals surface area contributed by atoms with E-state index in [0.717, 1.165) is 5.06 Å². The number of hydroxylamine groups is 2. The number of ketones is 1. The van der Waals surface area contributed by atoms with E-state index in [1.807, 2.05) is 0 Å². The lowest BCUT2D eigenvalue weighted by molar-refractivity contribution is -0.115. The Morgan fingerprint density at radius 2 is 2.06 bits per heavy atom. The van der Waals surface area contributed by atoms with Crippen molar-refractivity contribution in [1.29, 1.82) is 0 Å². The molecule has 0 fully saturated rings. The minimum absolute atomic E-state index is 0.275. The zero-order valence-electron chi connectivity index (χ0n) is 10.6. The quantitative estimate of drug-likeness (QED) is 0.561. The van der Waals surface area contributed by atoms with Crippen LogP contribution in [0.2, 0.25) is 0 Å². The maximum atomic E-state index is 11.9. The Labute approximate surface area is 101 Å². The van der Waals surface area contributed by atoms with Gasteiger partial charge in [0.05, 0.1) is 17.9 Å². The van der Waals surface area contributed by atoms with Gasteiger partial charge in [-0.3, -0.25) is 20.1 Å². The Morgan fingerprint density at radius 1 is 1.47 bits per heavy atom. The number of nitrogens with zero attached hydrogens (tertiary/aromatic N) is 2. The second kappa shape index (κ2) is 4.81. The van der Waals surface area contributed by atoms with E-state index < -0.39 is 5.54 Å². The summed E-state index contributed by atoms with van der Waals surface area (Å²) in [5, 5.41) is 19.9. The zero-order valence-corrected chi connectivity index (χ0v) is 10.6. The molecule has 5 nitrogen and oxygen atoms in total. The standard InChI is InChI=1S/C12H18N2O3/c1-8-11(16)10(9(7-15)5-13-8)6-14(17)12(2,3)4/h5-6,15,17H,7H2,1-4H3/b10-6+. The summed E-state index contributed by atoms with van der Waals surface area (Å²) in [6.07, 6.45) is 2.78. The van der Waals surface area contributed by atoms with Gasteiger partial charge in [-0.1, -0.05) is 0 Å². The van der Waals surface area contributed by atoms with E-state index >= 15 is 0 Å². The lowest BCUT2D eigenvalue weighted by Crippen LogP contribution is -2.35. The van der Waals surface area contributed by atoms with Gasteiger partial charge in [-0.2, -0.15) is 0 Å². The van der Waals surface area contributed by atoms with Crippen molar-refractivity contribution >= 4 is 11.5 Å². The topological polar surface area (TPSA) is 73.1 Å². The molecule has 0 spiro atoms. The van der Waals surface area contributed by atoms with Crippen LogP contribution in [0.1, 0.15) is 27.7 Å². The van der Waals surface area contributed by atoms with Crippen LogP contribution in [0.25, 0.3) is 0 Å². The summed E-state index contributed by atoms with van der Waals surface area (Å²) in [6.45, 7) is 6.73. The summed E-state index contributed by atoms with van der Waals surface area (Å²) >= 11 is 0. The van der Waals surface area contributed by atoms with Crippen LogP contribution < -0.4 is 0 Å². The van der Waals surface area contributed by atoms with Crippen molar-refractivity contribution in [2.75, 3.05) is 6.61 Å². The van der Waals surface area contributed by atoms with Crippen LogP contribution in [0.4, 0.5) is 0 Å². The number of hydrogen-bond donors (Lipinski definition) is 2. The molecule has 17 heavy (non-hydrogen) atoms. The normalized spacial score (nSPS) is 19.2. The first-order chi connectivity index (χ1) is 7.77. The molecule has 94 valence electrons. The van der Waals surface area contributed by atoms with Crippen LogP contribution in [-0.2, 0) is 4.79 Å². The molecule has 0 unspecified atom stereocenters. The number of aliphatic imine (C=N–C) groups is 1. The predicted octanol–water partition coefficient (Wildman–Crippen LogP) is 1.28. The number of hydrogen-bond acceptors (Lipinski definition) is 5. The number of aliphatic hydroxyl groups is 1. The fourth-order valence-corrected chi connectivity index (χ4v) is 1.23. The lowest BCUT2D eigenvalue weighted by Gasteiger charge is -2.29. The van der Waals surface area contributed by atoms with Gasteiger partial charge >= 0.3 is 0 Å². The Bertz CT molecular complexity index is 414. The third kappa shape index (κ3) is 3.01. The average molecular weight is 238 g/mol. The summed E-state index contributed by atoms with van der Waals surface area (Å²) in [4.78, 5) is 15.8. The van der Waals surface area contributed by atoms with Crippen molar-refractivity contribution in [2.45, 2.75) is 33.2 Å². The van der Waals surface area contributed by atoms with Gasteiger partial charge in [0, 0.05) is 23.5 Å². The fourth-order valence-electron chi connectivity index (χ4n) is 1.23. The number of carbonyl (C=O) groups is 1. The molecule has 0 radical (unpaired) electrons. The first-order valence-corrected chi connectivity index (χ1v) is 5.36. The van der Waals surface area contributed by atoms with Gasteiger partial charge < -0.3 is 5.11 Å². The summed E-state index contributed by atoms with van der Waals surface area (Å²) < 4.78 is 0. The molecule has 0 saturated carbocycles. The molecule has 0 atom stereocenters. The van der Waals surface area contributed by atoms with E-state index in [1.165, 1.54) is 12.4 Å². The smallest absolute Gasteiger partial charge is 0.208 e. The Morgan fingerprint density at radius 3 is 2.53 bits per heavy atom. The molecule has 0 aromatic carbocycles. The zero-order chi connectivity index (χ0) is 13.2. The molecule has 1 aliphatic rings. The molecule has 1 heterocycles. The van der Waals surface area contributed by atoms with E-state index in [4.69, 9.17) is 5.11 Å². The summed E-state index contributed by atoms with van der Waals surface area (Å²) in [5.74, 6) is -0.278. The van der Waals surface area contributed by atoms with Gasteiger partial charge in [-0.25, -0.2) is 0 Å². The van der Waals surface area contributed by atoms with Gasteiger partial charge in [0.25, 0.3) is 0 Å². The van der Waals surface area contributed by atoms with Crippen molar-refractivity contribution in [3.63, 3.8) is 0 Å². The van der Waals surface area contributed by atoms with Crippen molar-refractivity contribution in [3.05, 3.63) is 23.5 Å². The molecule has 1 aliphatic heterocycles. The molecule has 1 rings (SSSR count). The SMILES string of the molecule is CC1=NC=C(CO)/C(=C\N(O)C(C)(C)C)C1=O. The first kappa shape index (κ1) is 13.6. The highest BCUT2D eigenvalue weighted by molar-refractivity contribution is 6.46. The molecule has 5 heteroatoms. The third-order valence-corrected chi connectivity index (χ3v) is 2.44. The molecule has 0 aromatic rings. The average Bonchev–Trinajstić information content (AvgIpc) is 2.23. The minimum Gasteiger partial charge on any atom is -0.392 e. The monoisotopic (exact) mass is 238 g/mol. The van der Waals surface area contributed by atoms with E-state index in [1.54, 1.807) is 27.7 Å². The molecule has 0 amide bonds. The minimum atomic E-state index is -0.518. The highest BCUT2D eigenvalue weighted by Crippen LogP contribution is 2.20. The Kier molecular flexibility index (Phi) is 3.85. The molecule has 0 aliphatic carbocycles. The number of carbonyl (C=O) groups excluding carboxylic acids is 1. The largest absolute Gasteiger partial charge is 0.392 e. The van der Waals surface area contributed by atoms with Gasteiger partial charge in [-0.15, -0.1) is 0 Å². The summed E-state index contributed by atoms with van der Waals surface area (Å²) in [6, 6.07) is 0. The van der Waals surface area contributed by atoms with Crippen molar-refractivity contribution < 1.29 is 15.1 Å². The van der Waals surface area contributed by atoms with Gasteiger partial charge in [0.1, 0.15) is 0 Å². The van der Waals surface area contributed by atoms with Crippen molar-refractivity contribution in [2.24, 2.45) is 4.99 Å². The predicted molar refractivity (Wildman–Crippen MR) is 64.7 cm³/mol. The maximum Gasteiger partial charge on any atom is 0.208 e. The maximum absolute atomic E-state index is 11.9. The molecule has 0 saturated heterocycles. The second-order valence-corrected chi connectivity index (χ2v) is 4.91. The molecular formula is C12H18N2O3. The van der Waals surface area contributed by atoms with Gasteiger partial charge in [0.2, 0.25) is 5.78 Å². The number of aliphatic hydroxyl groups excluding tert-OH is 1. The number of Topliss-reactive ketones (excluding diaryl/α,β-unsaturated/α-hetero) is 1. The lowest BCUT2D eigenvalue weighted by atomic mass is 9.98. The van der Waals surface area contributed by atoms with Crippen LogP contribution in [-0.4, -0.2) is 39.0 Å². The first-order valence-electron chi connectivity index (χ1n) is 5.36. The summed E-state index contributed by atoms with van der Waals surface area (Å²) in [7, 11) is 0.